The minimum absolute atomic E-state index is 0.0784. The second-order valence-corrected chi connectivity index (χ2v) is 18.0. The third-order valence-corrected chi connectivity index (χ3v) is 15.9. The van der Waals surface area contributed by atoms with E-state index in [1.807, 2.05) is 59.1 Å². The van der Waals surface area contributed by atoms with Crippen LogP contribution >= 0.6 is 45.3 Å². The van der Waals surface area contributed by atoms with Crippen LogP contribution in [0.5, 0.6) is 0 Å². The lowest BCUT2D eigenvalue weighted by Gasteiger charge is -2.35. The van der Waals surface area contributed by atoms with Gasteiger partial charge in [0.05, 0.1) is 44.4 Å². The van der Waals surface area contributed by atoms with Gasteiger partial charge in [-0.3, -0.25) is 9.59 Å². The SMILES string of the molecule is [C-]#[N+]C(C#N)=C1/C(=C\c2cc3sc4c(c3s2)C2(CCCCC2)c2c-4sc3cc(/C=C4\C(=O)c5ccccc5\C4=C(\C#N)[N+]#[C-])sc23)C(=O)c2ccccc21. The molecule has 0 N–H and O–H groups in total. The monoisotopic (exact) mass is 766 g/mol. The molecule has 0 amide bonds. The van der Waals surface area contributed by atoms with Crippen LogP contribution in [-0.2, 0) is 5.41 Å². The Labute approximate surface area is 325 Å². The number of benzene rings is 2. The molecule has 4 aliphatic rings. The molecule has 1 fully saturated rings. The summed E-state index contributed by atoms with van der Waals surface area (Å²) in [6.07, 6.45) is 9.27. The van der Waals surface area contributed by atoms with Gasteiger partial charge in [-0.15, -0.1) is 45.3 Å². The summed E-state index contributed by atoms with van der Waals surface area (Å²) in [5.41, 5.74) is 6.39. The van der Waals surface area contributed by atoms with Crippen LogP contribution in [0.2, 0.25) is 0 Å². The number of fused-ring (bicyclic) bond motifs is 11. The van der Waals surface area contributed by atoms with Crippen molar-refractivity contribution in [2.75, 3.05) is 0 Å². The molecule has 254 valence electrons. The van der Waals surface area contributed by atoms with Crippen molar-refractivity contribution in [3.63, 3.8) is 0 Å². The molecule has 1 spiro atoms. The van der Waals surface area contributed by atoms with Crippen molar-refractivity contribution in [3.05, 3.63) is 149 Å². The van der Waals surface area contributed by atoms with Crippen molar-refractivity contribution in [2.45, 2.75) is 37.5 Å². The van der Waals surface area contributed by atoms with Gasteiger partial charge < -0.3 is 0 Å². The molecular weight excluding hydrogens is 745 g/mol. The van der Waals surface area contributed by atoms with Gasteiger partial charge in [-0.2, -0.15) is 0 Å². The van der Waals surface area contributed by atoms with Gasteiger partial charge in [-0.1, -0.05) is 67.8 Å². The van der Waals surface area contributed by atoms with Crippen molar-refractivity contribution in [3.8, 4) is 21.9 Å². The van der Waals surface area contributed by atoms with Gasteiger partial charge in [-0.25, -0.2) is 20.2 Å². The van der Waals surface area contributed by atoms with Crippen LogP contribution in [-0.4, -0.2) is 11.6 Å². The van der Waals surface area contributed by atoms with Gasteiger partial charge >= 0.3 is 0 Å². The number of ketones is 2. The molecule has 4 aromatic heterocycles. The summed E-state index contributed by atoms with van der Waals surface area (Å²) in [6.45, 7) is 15.3. The van der Waals surface area contributed by atoms with Crippen LogP contribution in [0.1, 0.15) is 84.8 Å². The molecule has 0 radical (unpaired) electrons. The van der Waals surface area contributed by atoms with E-state index in [9.17, 15) is 20.1 Å². The Kier molecular flexibility index (Phi) is 7.27. The fraction of sp³-hybridized carbons (Fsp3) is 0.136. The number of carbonyl (C=O) groups is 2. The summed E-state index contributed by atoms with van der Waals surface area (Å²) >= 11 is 6.98. The molecule has 1 saturated carbocycles. The molecule has 0 atom stereocenters. The van der Waals surface area contributed by atoms with Crippen LogP contribution in [0.4, 0.5) is 0 Å². The van der Waals surface area contributed by atoms with Gasteiger partial charge in [0.25, 0.3) is 11.4 Å². The Morgan fingerprint density at radius 1 is 0.648 bits per heavy atom. The lowest BCUT2D eigenvalue weighted by molar-refractivity contribution is 0.103. The zero-order chi connectivity index (χ0) is 36.9. The van der Waals surface area contributed by atoms with E-state index < -0.39 is 0 Å². The topological polar surface area (TPSA) is 90.4 Å². The van der Waals surface area contributed by atoms with Crippen molar-refractivity contribution < 1.29 is 9.59 Å². The first-order valence-electron chi connectivity index (χ1n) is 17.3. The van der Waals surface area contributed by atoms with Gasteiger partial charge in [0, 0.05) is 69.1 Å². The van der Waals surface area contributed by atoms with Gasteiger partial charge in [-0.05, 0) is 48.3 Å². The average molecular weight is 767 g/mol. The maximum absolute atomic E-state index is 13.7. The summed E-state index contributed by atoms with van der Waals surface area (Å²) in [5, 5.41) is 19.7. The van der Waals surface area contributed by atoms with Crippen molar-refractivity contribution >= 4 is 99.0 Å². The number of Topliss-reactive ketones (excluding diaryl/α,β-unsaturated/α-hetero) is 2. The molecule has 10 heteroatoms. The first kappa shape index (κ1) is 32.7. The van der Waals surface area contributed by atoms with E-state index in [0.29, 0.717) is 44.5 Å². The van der Waals surface area contributed by atoms with E-state index in [-0.39, 0.29) is 28.4 Å². The van der Waals surface area contributed by atoms with Crippen molar-refractivity contribution in [1.82, 2.24) is 0 Å². The smallest absolute Gasteiger partial charge is 0.270 e. The van der Waals surface area contributed by atoms with Crippen LogP contribution in [0, 0.1) is 35.8 Å². The quantitative estimate of drug-likeness (QED) is 0.0997. The molecular formula is C44H22N4O2S4. The second kappa shape index (κ2) is 12.0. The normalized spacial score (nSPS) is 19.8. The van der Waals surface area contributed by atoms with E-state index in [1.165, 1.54) is 46.1 Å². The Morgan fingerprint density at radius 2 is 1.07 bits per heavy atom. The summed E-state index contributed by atoms with van der Waals surface area (Å²) < 4.78 is 4.84. The van der Waals surface area contributed by atoms with E-state index in [2.05, 4.69) is 21.8 Å². The van der Waals surface area contributed by atoms with E-state index in [1.54, 1.807) is 59.1 Å². The molecule has 0 aliphatic heterocycles. The molecule has 6 nitrogen and oxygen atoms in total. The number of nitrogens with zero attached hydrogens (tertiary/aromatic N) is 4. The minimum atomic E-state index is -0.167. The maximum Gasteiger partial charge on any atom is 0.270 e. The Balaban J connectivity index is 1.10. The number of carbonyl (C=O) groups excluding carboxylic acids is 2. The number of allylic oxidation sites excluding steroid dienone is 6. The highest BCUT2D eigenvalue weighted by Gasteiger charge is 2.49. The molecule has 6 aromatic rings. The Hall–Kier alpha value is -5.98. The maximum atomic E-state index is 13.7. The van der Waals surface area contributed by atoms with Gasteiger partial charge in [0.15, 0.2) is 11.6 Å². The number of hydrogen-bond acceptors (Lipinski definition) is 8. The zero-order valence-corrected chi connectivity index (χ0v) is 31.5. The number of rotatable bonds is 2. The predicted octanol–water partition coefficient (Wildman–Crippen LogP) is 12.3. The molecule has 2 aromatic carbocycles. The largest absolute Gasteiger partial charge is 0.289 e. The zero-order valence-electron chi connectivity index (χ0n) is 28.2. The lowest BCUT2D eigenvalue weighted by atomic mass is 9.68. The number of nitriles is 2. The standard InChI is InChI=1S/C44H22N4O2S4/c1-47-30(20-45)34-24-10-4-6-12-26(24)38(49)28(34)16-22-18-32-40(51-22)36-42(53-32)43-37(44(36)14-8-3-9-15-44)41-33(54-43)19-23(52-41)17-29-35(31(21-46)48-2)25-11-5-7-13-27(25)39(29)50/h4-7,10-13,16-19H,3,8-9,14-15H2/b28-16-,29-17+,34-30+,35-31?. The summed E-state index contributed by atoms with van der Waals surface area (Å²) in [5.74, 6) is -0.334. The Morgan fingerprint density at radius 3 is 1.48 bits per heavy atom. The first-order chi connectivity index (χ1) is 26.4. The molecule has 4 heterocycles. The predicted molar refractivity (Wildman–Crippen MR) is 218 cm³/mol. The molecule has 10 rings (SSSR count). The van der Waals surface area contributed by atoms with E-state index in [0.717, 1.165) is 35.4 Å². The highest BCUT2D eigenvalue weighted by Crippen LogP contribution is 2.66. The van der Waals surface area contributed by atoms with Crippen molar-refractivity contribution in [1.29, 1.82) is 10.5 Å². The van der Waals surface area contributed by atoms with Gasteiger partial charge in [0.1, 0.15) is 0 Å². The van der Waals surface area contributed by atoms with E-state index >= 15 is 0 Å². The summed E-state index contributed by atoms with van der Waals surface area (Å²) in [7, 11) is 0. The van der Waals surface area contributed by atoms with E-state index in [4.69, 9.17) is 13.1 Å². The fourth-order valence-corrected chi connectivity index (χ4v) is 14.6. The molecule has 0 saturated heterocycles. The van der Waals surface area contributed by atoms with Crippen LogP contribution in [0.15, 0.2) is 83.2 Å². The number of hydrogen-bond donors (Lipinski definition) is 0. The summed E-state index contributed by atoms with van der Waals surface area (Å²) in [6, 6.07) is 22.7. The summed E-state index contributed by atoms with van der Waals surface area (Å²) in [4.78, 5) is 38.8. The second-order valence-electron chi connectivity index (χ2n) is 13.7. The fourth-order valence-electron chi connectivity index (χ4n) is 8.87. The molecule has 54 heavy (non-hydrogen) atoms. The average Bonchev–Trinajstić information content (AvgIpc) is 4.04. The minimum Gasteiger partial charge on any atom is -0.289 e. The molecule has 0 bridgehead atoms. The van der Waals surface area contributed by atoms with Crippen LogP contribution in [0.25, 0.3) is 61.5 Å². The van der Waals surface area contributed by atoms with Gasteiger partial charge in [0.2, 0.25) is 0 Å². The third-order valence-electron chi connectivity index (χ3n) is 11.0. The Bertz CT molecular complexity index is 2830. The van der Waals surface area contributed by atoms with Crippen LogP contribution in [0.3, 0.4) is 0 Å². The van der Waals surface area contributed by atoms with Crippen molar-refractivity contribution in [2.24, 2.45) is 0 Å². The third kappa shape index (κ3) is 4.37. The highest BCUT2D eigenvalue weighted by atomic mass is 32.1. The lowest BCUT2D eigenvalue weighted by Crippen LogP contribution is -2.27. The molecule has 0 unspecified atom stereocenters. The highest BCUT2D eigenvalue weighted by molar-refractivity contribution is 7.35. The number of thiophene rings is 4. The first-order valence-corrected chi connectivity index (χ1v) is 20.6. The van der Waals surface area contributed by atoms with Crippen LogP contribution < -0.4 is 0 Å². The molecule has 4 aliphatic carbocycles.